The predicted molar refractivity (Wildman–Crippen MR) is 69.4 cm³/mol. The molecule has 96 valence electrons. The van der Waals surface area contributed by atoms with Gasteiger partial charge in [0.2, 0.25) is 5.91 Å². The maximum absolute atomic E-state index is 11.7. The first-order valence-electron chi connectivity index (χ1n) is 5.75. The third-order valence-electron chi connectivity index (χ3n) is 2.23. The minimum Gasteiger partial charge on any atom is -0.383 e. The molecule has 4 nitrogen and oxygen atoms in total. The number of nitrogens with one attached hydrogen (secondary N) is 1. The molecule has 0 spiro atoms. The summed E-state index contributed by atoms with van der Waals surface area (Å²) >= 11 is 1.61. The molecule has 0 aliphatic heterocycles. The first kappa shape index (κ1) is 14.1. The third-order valence-corrected chi connectivity index (χ3v) is 3.42. The molecule has 1 N–H and O–H groups in total. The van der Waals surface area contributed by atoms with E-state index in [0.29, 0.717) is 18.9 Å². The summed E-state index contributed by atoms with van der Waals surface area (Å²) in [6.45, 7) is 6.65. The van der Waals surface area contributed by atoms with E-state index in [1.807, 2.05) is 12.3 Å². The number of methoxy groups -OCH3 is 1. The topological polar surface area (TPSA) is 51.2 Å². The van der Waals surface area contributed by atoms with Crippen molar-refractivity contribution in [1.82, 2.24) is 10.3 Å². The lowest BCUT2D eigenvalue weighted by Crippen LogP contribution is -2.36. The fourth-order valence-corrected chi connectivity index (χ4v) is 2.29. The van der Waals surface area contributed by atoms with Crippen LogP contribution in [-0.2, 0) is 16.0 Å². The van der Waals surface area contributed by atoms with Gasteiger partial charge in [-0.05, 0) is 6.92 Å². The second-order valence-corrected chi connectivity index (χ2v) is 5.32. The molecule has 0 aliphatic rings. The zero-order valence-corrected chi connectivity index (χ0v) is 11.6. The van der Waals surface area contributed by atoms with Crippen LogP contribution in [0.5, 0.6) is 0 Å². The molecule has 0 unspecified atom stereocenters. The summed E-state index contributed by atoms with van der Waals surface area (Å²) in [6, 6.07) is 0.0377. The average molecular weight is 256 g/mol. The van der Waals surface area contributed by atoms with Gasteiger partial charge in [-0.25, -0.2) is 4.98 Å². The largest absolute Gasteiger partial charge is 0.383 e. The van der Waals surface area contributed by atoms with Crippen LogP contribution in [0.15, 0.2) is 5.38 Å². The molecule has 5 heteroatoms. The number of amides is 1. The molecule has 1 rings (SSSR count). The van der Waals surface area contributed by atoms with Crippen molar-refractivity contribution < 1.29 is 9.53 Å². The Labute approximate surface area is 106 Å². The zero-order valence-electron chi connectivity index (χ0n) is 10.8. The number of hydrogen-bond acceptors (Lipinski definition) is 4. The van der Waals surface area contributed by atoms with Crippen LogP contribution < -0.4 is 5.32 Å². The Morgan fingerprint density at radius 1 is 1.53 bits per heavy atom. The molecule has 0 radical (unpaired) electrons. The van der Waals surface area contributed by atoms with Crippen LogP contribution in [0.2, 0.25) is 0 Å². The van der Waals surface area contributed by atoms with Crippen LogP contribution in [0, 0.1) is 0 Å². The molecular weight excluding hydrogens is 236 g/mol. The number of ether oxygens (including phenoxy) is 1. The Balaban J connectivity index is 2.44. The molecular formula is C12H20N2O2S. The highest BCUT2D eigenvalue weighted by atomic mass is 32.1. The average Bonchev–Trinajstić information content (AvgIpc) is 2.66. The Kier molecular flexibility index (Phi) is 5.58. The maximum atomic E-state index is 11.7. The number of nitrogens with zero attached hydrogens (tertiary/aromatic N) is 1. The Hall–Kier alpha value is -0.940. The summed E-state index contributed by atoms with van der Waals surface area (Å²) in [4.78, 5) is 16.1. The van der Waals surface area contributed by atoms with Gasteiger partial charge in [-0.2, -0.15) is 0 Å². The Morgan fingerprint density at radius 2 is 2.24 bits per heavy atom. The van der Waals surface area contributed by atoms with Gasteiger partial charge in [-0.1, -0.05) is 13.8 Å². The number of aromatic nitrogens is 1. The highest BCUT2D eigenvalue weighted by molar-refractivity contribution is 7.09. The molecule has 0 aliphatic carbocycles. The van der Waals surface area contributed by atoms with Gasteiger partial charge >= 0.3 is 0 Å². The highest BCUT2D eigenvalue weighted by Gasteiger charge is 2.11. The highest BCUT2D eigenvalue weighted by Crippen LogP contribution is 2.19. The van der Waals surface area contributed by atoms with Crippen LogP contribution in [0.25, 0.3) is 0 Å². The van der Waals surface area contributed by atoms with E-state index in [1.165, 1.54) is 0 Å². The fourth-order valence-electron chi connectivity index (χ4n) is 1.45. The van der Waals surface area contributed by atoms with Gasteiger partial charge < -0.3 is 10.1 Å². The van der Waals surface area contributed by atoms with Crippen molar-refractivity contribution in [2.45, 2.75) is 39.2 Å². The summed E-state index contributed by atoms with van der Waals surface area (Å²) < 4.78 is 4.96. The summed E-state index contributed by atoms with van der Waals surface area (Å²) in [5, 5.41) is 5.90. The monoisotopic (exact) mass is 256 g/mol. The number of rotatable bonds is 6. The fraction of sp³-hybridized carbons (Fsp3) is 0.667. The van der Waals surface area contributed by atoms with Gasteiger partial charge in [-0.3, -0.25) is 4.79 Å². The molecule has 1 aromatic heterocycles. The van der Waals surface area contributed by atoms with Crippen molar-refractivity contribution in [2.24, 2.45) is 0 Å². The molecule has 0 saturated carbocycles. The van der Waals surface area contributed by atoms with E-state index in [9.17, 15) is 4.79 Å². The van der Waals surface area contributed by atoms with E-state index in [1.54, 1.807) is 18.4 Å². The molecule has 1 aromatic rings. The normalized spacial score (nSPS) is 12.8. The lowest BCUT2D eigenvalue weighted by molar-refractivity contribution is -0.121. The summed E-state index contributed by atoms with van der Waals surface area (Å²) in [5.74, 6) is 0.416. The molecule has 17 heavy (non-hydrogen) atoms. The maximum Gasteiger partial charge on any atom is 0.226 e. The second-order valence-electron chi connectivity index (χ2n) is 4.43. The van der Waals surface area contributed by atoms with Crippen LogP contribution >= 0.6 is 11.3 Å². The second kappa shape index (κ2) is 6.71. The molecule has 0 saturated heterocycles. The summed E-state index contributed by atoms with van der Waals surface area (Å²) in [5.41, 5.74) is 0.848. The van der Waals surface area contributed by atoms with Gasteiger partial charge in [0.15, 0.2) is 0 Å². The van der Waals surface area contributed by atoms with E-state index in [4.69, 9.17) is 4.74 Å². The molecule has 0 bridgehead atoms. The minimum atomic E-state index is -0.00449. The molecule has 0 fully saturated rings. The minimum absolute atomic E-state index is 0.00449. The van der Waals surface area contributed by atoms with Crippen molar-refractivity contribution in [1.29, 1.82) is 0 Å². The van der Waals surface area contributed by atoms with Gasteiger partial charge in [0.25, 0.3) is 0 Å². The third kappa shape index (κ3) is 4.83. The van der Waals surface area contributed by atoms with E-state index in [2.05, 4.69) is 24.1 Å². The molecule has 1 amide bonds. The van der Waals surface area contributed by atoms with Crippen molar-refractivity contribution in [3.63, 3.8) is 0 Å². The van der Waals surface area contributed by atoms with Crippen molar-refractivity contribution in [3.05, 3.63) is 16.1 Å². The number of thiazole rings is 1. The standard InChI is InChI=1S/C12H20N2O2S/c1-8(2)12-14-10(7-17-12)5-11(15)13-9(3)6-16-4/h7-9H,5-6H2,1-4H3,(H,13,15)/t9-/m1/s1. The van der Waals surface area contributed by atoms with Crippen molar-refractivity contribution in [2.75, 3.05) is 13.7 Å². The van der Waals surface area contributed by atoms with Crippen molar-refractivity contribution >= 4 is 17.2 Å². The number of hydrogen-bond donors (Lipinski definition) is 1. The van der Waals surface area contributed by atoms with Gasteiger partial charge in [0, 0.05) is 24.4 Å². The lowest BCUT2D eigenvalue weighted by Gasteiger charge is -2.11. The van der Waals surface area contributed by atoms with E-state index >= 15 is 0 Å². The summed E-state index contributed by atoms with van der Waals surface area (Å²) in [7, 11) is 1.62. The van der Waals surface area contributed by atoms with Crippen LogP contribution in [0.4, 0.5) is 0 Å². The smallest absolute Gasteiger partial charge is 0.226 e. The van der Waals surface area contributed by atoms with E-state index in [-0.39, 0.29) is 11.9 Å². The van der Waals surface area contributed by atoms with Gasteiger partial charge in [-0.15, -0.1) is 11.3 Å². The predicted octanol–water partition coefficient (Wildman–Crippen LogP) is 1.96. The molecule has 1 atom stereocenters. The number of carbonyl (C=O) groups excluding carboxylic acids is 1. The van der Waals surface area contributed by atoms with Gasteiger partial charge in [0.05, 0.1) is 23.7 Å². The van der Waals surface area contributed by atoms with Crippen LogP contribution in [0.3, 0.4) is 0 Å². The SMILES string of the molecule is COC[C@@H](C)NC(=O)Cc1csc(C(C)C)n1. The van der Waals surface area contributed by atoms with E-state index in [0.717, 1.165) is 10.7 Å². The zero-order chi connectivity index (χ0) is 12.8. The lowest BCUT2D eigenvalue weighted by atomic mass is 10.2. The Morgan fingerprint density at radius 3 is 2.76 bits per heavy atom. The van der Waals surface area contributed by atoms with E-state index < -0.39 is 0 Å². The molecule has 0 aromatic carbocycles. The first-order chi connectivity index (χ1) is 8.02. The molecule has 1 heterocycles. The van der Waals surface area contributed by atoms with Crippen molar-refractivity contribution in [3.8, 4) is 0 Å². The number of carbonyl (C=O) groups is 1. The summed E-state index contributed by atoms with van der Waals surface area (Å²) in [6.07, 6.45) is 0.345. The van der Waals surface area contributed by atoms with Crippen LogP contribution in [-0.4, -0.2) is 30.6 Å². The van der Waals surface area contributed by atoms with Crippen LogP contribution in [0.1, 0.15) is 37.4 Å². The Bertz CT molecular complexity index is 363. The first-order valence-corrected chi connectivity index (χ1v) is 6.63. The quantitative estimate of drug-likeness (QED) is 0.846. The van der Waals surface area contributed by atoms with Gasteiger partial charge in [0.1, 0.15) is 0 Å².